The molecule has 10 aromatic carbocycles. The number of nitrogens with zero attached hydrogens (tertiary/aromatic N) is 3. The summed E-state index contributed by atoms with van der Waals surface area (Å²) in [5.41, 5.74) is 17.0. The molecule has 2 aliphatic carbocycles. The van der Waals surface area contributed by atoms with Gasteiger partial charge in [0, 0.05) is 52.0 Å². The molecule has 2 aliphatic rings. The molecule has 314 valence electrons. The van der Waals surface area contributed by atoms with Crippen LogP contribution in [-0.2, 0) is 5.41 Å². The fourth-order valence-corrected chi connectivity index (χ4v) is 14.7. The van der Waals surface area contributed by atoms with E-state index in [0.717, 1.165) is 38.3 Å². The molecule has 0 bridgehead atoms. The van der Waals surface area contributed by atoms with Crippen molar-refractivity contribution in [3.8, 4) is 50.6 Å². The van der Waals surface area contributed by atoms with Crippen molar-refractivity contribution < 1.29 is 0 Å². The molecular formula is C63H35N3S2. The molecule has 14 aromatic rings. The third-order valence-corrected chi connectivity index (χ3v) is 17.4. The van der Waals surface area contributed by atoms with Gasteiger partial charge in [-0.2, -0.15) is 0 Å². The predicted molar refractivity (Wildman–Crippen MR) is 287 cm³/mol. The van der Waals surface area contributed by atoms with E-state index in [-0.39, 0.29) is 0 Å². The molecule has 68 heavy (non-hydrogen) atoms. The molecule has 5 heteroatoms. The fourth-order valence-electron chi connectivity index (χ4n) is 12.3. The summed E-state index contributed by atoms with van der Waals surface area (Å²) in [6.07, 6.45) is 0. The number of fused-ring (bicyclic) bond motifs is 23. The number of rotatable bonds is 3. The normalized spacial score (nSPS) is 13.4. The van der Waals surface area contributed by atoms with E-state index in [1.807, 2.05) is 11.3 Å². The van der Waals surface area contributed by atoms with Crippen LogP contribution in [0, 0.1) is 0 Å². The Morgan fingerprint density at radius 3 is 1.66 bits per heavy atom. The molecule has 0 saturated heterocycles. The van der Waals surface area contributed by atoms with E-state index in [1.165, 1.54) is 108 Å². The molecule has 3 nitrogen and oxygen atoms in total. The van der Waals surface area contributed by atoms with E-state index in [9.17, 15) is 0 Å². The average molecular weight is 898 g/mol. The highest BCUT2D eigenvalue weighted by atomic mass is 32.1. The molecule has 4 heterocycles. The Morgan fingerprint density at radius 1 is 0.368 bits per heavy atom. The molecule has 4 aromatic heterocycles. The summed E-state index contributed by atoms with van der Waals surface area (Å²) in [6.45, 7) is 0. The van der Waals surface area contributed by atoms with Crippen LogP contribution in [-0.4, -0.2) is 14.5 Å². The van der Waals surface area contributed by atoms with E-state index in [4.69, 9.17) is 9.97 Å². The van der Waals surface area contributed by atoms with Crippen LogP contribution in [0.4, 0.5) is 0 Å². The van der Waals surface area contributed by atoms with E-state index in [0.29, 0.717) is 0 Å². The highest BCUT2D eigenvalue weighted by Crippen LogP contribution is 2.63. The minimum atomic E-state index is -0.413. The Morgan fingerprint density at radius 2 is 0.926 bits per heavy atom. The highest BCUT2D eigenvalue weighted by Gasteiger charge is 2.51. The second-order valence-corrected chi connectivity index (χ2v) is 20.4. The summed E-state index contributed by atoms with van der Waals surface area (Å²) < 4.78 is 7.33. The van der Waals surface area contributed by atoms with Gasteiger partial charge in [0.2, 0.25) is 0 Å². The molecule has 16 rings (SSSR count). The van der Waals surface area contributed by atoms with Crippen molar-refractivity contribution in [2.75, 3.05) is 0 Å². The van der Waals surface area contributed by atoms with Crippen LogP contribution >= 0.6 is 22.7 Å². The lowest BCUT2D eigenvalue weighted by Crippen LogP contribution is -2.25. The number of hydrogen-bond donors (Lipinski definition) is 0. The van der Waals surface area contributed by atoms with Crippen molar-refractivity contribution in [2.24, 2.45) is 0 Å². The second kappa shape index (κ2) is 13.5. The van der Waals surface area contributed by atoms with Gasteiger partial charge < -0.3 is 0 Å². The molecule has 1 spiro atoms. The van der Waals surface area contributed by atoms with Crippen LogP contribution in [0.1, 0.15) is 22.3 Å². The fraction of sp³-hybridized carbons (Fsp3) is 0.0159. The summed E-state index contributed by atoms with van der Waals surface area (Å²) in [5, 5.41) is 8.64. The van der Waals surface area contributed by atoms with Crippen molar-refractivity contribution in [3.05, 3.63) is 235 Å². The first-order chi connectivity index (χ1) is 33.7. The first kappa shape index (κ1) is 36.9. The van der Waals surface area contributed by atoms with Gasteiger partial charge in [-0.1, -0.05) is 182 Å². The molecule has 0 fully saturated rings. The largest absolute Gasteiger partial charge is 0.292 e. The zero-order valence-electron chi connectivity index (χ0n) is 36.4. The lowest BCUT2D eigenvalue weighted by molar-refractivity contribution is 0.794. The van der Waals surface area contributed by atoms with Gasteiger partial charge >= 0.3 is 0 Å². The van der Waals surface area contributed by atoms with Crippen molar-refractivity contribution in [1.29, 1.82) is 0 Å². The van der Waals surface area contributed by atoms with Gasteiger partial charge in [0.1, 0.15) is 0 Å². The SMILES string of the molecule is c1ccc(-c2nc(-n3c4ccccc4c4c5cc(-c6ccc7c(c6)C6(c8ccccc8-c8ccccc86)c6ccccc6-7)ccc5c5sc6ccccc6c5c43)c3sc4ccccc4c3n2)cc1. The summed E-state index contributed by atoms with van der Waals surface area (Å²) >= 11 is 3.68. The third kappa shape index (κ3) is 4.67. The summed E-state index contributed by atoms with van der Waals surface area (Å²) in [4.78, 5) is 10.9. The van der Waals surface area contributed by atoms with Crippen molar-refractivity contribution in [1.82, 2.24) is 14.5 Å². The Bertz CT molecular complexity index is 4450. The zero-order chi connectivity index (χ0) is 44.2. The smallest absolute Gasteiger partial charge is 0.162 e. The van der Waals surface area contributed by atoms with Gasteiger partial charge in [0.15, 0.2) is 11.6 Å². The lowest BCUT2D eigenvalue weighted by Gasteiger charge is -2.30. The zero-order valence-corrected chi connectivity index (χ0v) is 38.0. The van der Waals surface area contributed by atoms with Gasteiger partial charge in [0.25, 0.3) is 0 Å². The van der Waals surface area contributed by atoms with E-state index >= 15 is 0 Å². The minimum absolute atomic E-state index is 0.413. The topological polar surface area (TPSA) is 30.7 Å². The predicted octanol–water partition coefficient (Wildman–Crippen LogP) is 17.1. The van der Waals surface area contributed by atoms with Crippen molar-refractivity contribution in [2.45, 2.75) is 5.41 Å². The summed E-state index contributed by atoms with van der Waals surface area (Å²) in [5.74, 6) is 1.63. The molecule has 0 amide bonds. The van der Waals surface area contributed by atoms with Gasteiger partial charge in [0.05, 0.1) is 26.7 Å². The van der Waals surface area contributed by atoms with Gasteiger partial charge in [-0.25, -0.2) is 9.97 Å². The second-order valence-electron chi connectivity index (χ2n) is 18.3. The standard InChI is InChI=1S/C63H35N3S2/c1-2-16-36(17-3-1)61-64-57-46-23-9-15-29-54(46)68-60(57)62(65-61)66-52-27-13-7-21-44(52)55-47-34-37(31-33-43(47)59-56(58(55)66)45-22-8-14-28-53(45)67-59)38-30-32-42-41-20-6-12-26-50(41)63(51(42)35-38)48-24-10-4-18-39(48)40-19-5-11-25-49(40)63/h1-35H. The quantitative estimate of drug-likeness (QED) is 0.177. The van der Waals surface area contributed by atoms with Crippen LogP contribution in [0.2, 0.25) is 0 Å². The first-order valence-corrected chi connectivity index (χ1v) is 24.9. The number of hydrogen-bond acceptors (Lipinski definition) is 4. The minimum Gasteiger partial charge on any atom is -0.292 e. The molecule has 0 N–H and O–H groups in total. The maximum absolute atomic E-state index is 5.61. The highest BCUT2D eigenvalue weighted by molar-refractivity contribution is 7.27. The maximum Gasteiger partial charge on any atom is 0.162 e. The van der Waals surface area contributed by atoms with Crippen LogP contribution in [0.3, 0.4) is 0 Å². The third-order valence-electron chi connectivity index (χ3n) is 15.0. The van der Waals surface area contributed by atoms with Crippen LogP contribution in [0.15, 0.2) is 212 Å². The lowest BCUT2D eigenvalue weighted by atomic mass is 9.70. The maximum atomic E-state index is 5.61. The number of para-hydroxylation sites is 1. The molecule has 0 saturated carbocycles. The molecule has 0 radical (unpaired) electrons. The molecule has 0 aliphatic heterocycles. The average Bonchev–Trinajstić information content (AvgIpc) is 4.21. The van der Waals surface area contributed by atoms with Gasteiger partial charge in [-0.05, 0) is 91.4 Å². The molecule has 0 atom stereocenters. The first-order valence-electron chi connectivity index (χ1n) is 23.2. The molecule has 0 unspecified atom stereocenters. The Hall–Kier alpha value is -8.22. The monoisotopic (exact) mass is 897 g/mol. The van der Waals surface area contributed by atoms with E-state index < -0.39 is 5.41 Å². The Kier molecular flexibility index (Phi) is 7.31. The van der Waals surface area contributed by atoms with E-state index in [1.54, 1.807) is 11.3 Å². The number of benzene rings is 10. The van der Waals surface area contributed by atoms with Crippen LogP contribution in [0.5, 0.6) is 0 Å². The number of thiophene rings is 2. The van der Waals surface area contributed by atoms with Crippen LogP contribution < -0.4 is 0 Å². The Balaban J connectivity index is 1.02. The molecular weight excluding hydrogens is 863 g/mol. The summed E-state index contributed by atoms with van der Waals surface area (Å²) in [6, 6.07) is 78.7. The van der Waals surface area contributed by atoms with E-state index in [2.05, 4.69) is 217 Å². The number of aromatic nitrogens is 3. The van der Waals surface area contributed by atoms with Crippen LogP contribution in [0.25, 0.3) is 124 Å². The van der Waals surface area contributed by atoms with Crippen molar-refractivity contribution >= 4 is 95.7 Å². The Labute approximate surface area is 398 Å². The summed E-state index contributed by atoms with van der Waals surface area (Å²) in [7, 11) is 0. The van der Waals surface area contributed by atoms with Gasteiger partial charge in [-0.3, -0.25) is 4.57 Å². The van der Waals surface area contributed by atoms with Gasteiger partial charge in [-0.15, -0.1) is 22.7 Å². The van der Waals surface area contributed by atoms with Crippen molar-refractivity contribution in [3.63, 3.8) is 0 Å².